The van der Waals surface area contributed by atoms with Crippen LogP contribution in [0.3, 0.4) is 0 Å². The first-order valence-corrected chi connectivity index (χ1v) is 11.4. The highest BCUT2D eigenvalue weighted by Crippen LogP contribution is 2.43. The largest absolute Gasteiger partial charge is 0.486 e. The van der Waals surface area contributed by atoms with Gasteiger partial charge in [-0.15, -0.1) is 0 Å². The highest BCUT2D eigenvalue weighted by Gasteiger charge is 2.44. The first-order valence-electron chi connectivity index (χ1n) is 9.89. The number of nitro benzene ring substituents is 1. The number of sulfonamides is 1. The molecule has 4 rings (SSSR count). The van der Waals surface area contributed by atoms with Crippen LogP contribution in [0.25, 0.3) is 0 Å². The Morgan fingerprint density at radius 3 is 2.45 bits per heavy atom. The van der Waals surface area contributed by atoms with E-state index in [0.29, 0.717) is 42.9 Å². The molecule has 1 spiro atoms. The Bertz CT molecular complexity index is 1200. The van der Waals surface area contributed by atoms with Gasteiger partial charge in [0.05, 0.1) is 21.8 Å². The quantitative estimate of drug-likeness (QED) is 0.567. The van der Waals surface area contributed by atoms with E-state index in [1.54, 1.807) is 6.07 Å². The van der Waals surface area contributed by atoms with E-state index < -0.39 is 20.5 Å². The Hall–Kier alpha value is -2.98. The zero-order chi connectivity index (χ0) is 22.6. The topological polar surface area (TPSA) is 133 Å². The Morgan fingerprint density at radius 2 is 1.84 bits per heavy atom. The Balaban J connectivity index is 1.60. The van der Waals surface area contributed by atoms with Gasteiger partial charge >= 0.3 is 0 Å². The number of fused-ring (bicyclic) bond motifs is 1. The summed E-state index contributed by atoms with van der Waals surface area (Å²) in [6, 6.07) is 7.38. The van der Waals surface area contributed by atoms with E-state index in [4.69, 9.17) is 9.88 Å². The van der Waals surface area contributed by atoms with Gasteiger partial charge in [0.2, 0.25) is 10.0 Å². The fourth-order valence-electron chi connectivity index (χ4n) is 4.31. The number of ether oxygens (including phenoxy) is 1. The predicted octanol–water partition coefficient (Wildman–Crippen LogP) is 2.86. The van der Waals surface area contributed by atoms with Gasteiger partial charge in [-0.3, -0.25) is 14.9 Å². The first-order chi connectivity index (χ1) is 14.5. The number of anilines is 1. The molecule has 0 aliphatic carbocycles. The number of nitro groups is 1. The third-order valence-electron chi connectivity index (χ3n) is 6.27. The molecule has 2 aromatic carbocycles. The molecule has 0 unspecified atom stereocenters. The first kappa shape index (κ1) is 21.3. The number of carbonyl (C=O) groups is 1. The molecule has 1 fully saturated rings. The molecule has 2 heterocycles. The number of nitrogens with two attached hydrogens (primary N) is 1. The summed E-state index contributed by atoms with van der Waals surface area (Å²) in [5.41, 5.74) is 1.95. The molecule has 31 heavy (non-hydrogen) atoms. The number of hydrogen-bond donors (Lipinski definition) is 1. The third kappa shape index (κ3) is 3.77. The average molecular weight is 445 g/mol. The van der Waals surface area contributed by atoms with Crippen molar-refractivity contribution < 1.29 is 22.9 Å². The highest BCUT2D eigenvalue weighted by atomic mass is 32.2. The van der Waals surface area contributed by atoms with Gasteiger partial charge < -0.3 is 9.64 Å². The summed E-state index contributed by atoms with van der Waals surface area (Å²) in [7, 11) is -4.05. The van der Waals surface area contributed by atoms with E-state index in [1.807, 2.05) is 24.8 Å². The van der Waals surface area contributed by atoms with Crippen LogP contribution in [0.2, 0.25) is 0 Å². The summed E-state index contributed by atoms with van der Waals surface area (Å²) in [5, 5.41) is 16.7. The van der Waals surface area contributed by atoms with Crippen LogP contribution in [0.1, 0.15) is 40.7 Å². The summed E-state index contributed by atoms with van der Waals surface area (Å²) < 4.78 is 29.5. The molecule has 2 aliphatic rings. The monoisotopic (exact) mass is 445 g/mol. The third-order valence-corrected chi connectivity index (χ3v) is 7.18. The number of ketones is 1. The lowest BCUT2D eigenvalue weighted by atomic mass is 9.81. The van der Waals surface area contributed by atoms with E-state index in [2.05, 4.69) is 0 Å². The fourth-order valence-corrected chi connectivity index (χ4v) is 4.84. The van der Waals surface area contributed by atoms with Gasteiger partial charge in [-0.25, -0.2) is 13.6 Å². The molecule has 0 saturated carbocycles. The molecule has 0 atom stereocenters. The number of carbonyl (C=O) groups excluding carboxylic acids is 1. The van der Waals surface area contributed by atoms with Crippen molar-refractivity contribution in [2.24, 2.45) is 5.14 Å². The molecule has 0 amide bonds. The minimum atomic E-state index is -4.05. The second-order valence-corrected chi connectivity index (χ2v) is 9.77. The normalized spacial score (nSPS) is 17.9. The zero-order valence-corrected chi connectivity index (χ0v) is 18.1. The van der Waals surface area contributed by atoms with Crippen LogP contribution in [0.15, 0.2) is 35.2 Å². The molecule has 0 radical (unpaired) electrons. The molecule has 1 saturated heterocycles. The number of hydrogen-bond acceptors (Lipinski definition) is 7. The van der Waals surface area contributed by atoms with Crippen LogP contribution in [-0.2, 0) is 10.0 Å². The van der Waals surface area contributed by atoms with Crippen molar-refractivity contribution in [1.82, 2.24) is 0 Å². The van der Waals surface area contributed by atoms with Crippen molar-refractivity contribution in [2.45, 2.75) is 43.6 Å². The van der Waals surface area contributed by atoms with Crippen LogP contribution in [0, 0.1) is 24.0 Å². The number of primary sulfonamides is 1. The SMILES string of the molecule is Cc1ccc2c(c1C)OC1(CCN(c3ccc(S(N)(=O)=O)cc3[N+](=O)[O-])CC1)CC2=O. The lowest BCUT2D eigenvalue weighted by Crippen LogP contribution is -2.51. The molecule has 2 N–H and O–H groups in total. The Kier molecular flexibility index (Phi) is 5.01. The number of piperidine rings is 1. The van der Waals surface area contributed by atoms with Crippen LogP contribution in [-0.4, -0.2) is 37.8 Å². The number of Topliss-reactive ketones (excluding diaryl/α,β-unsaturated/α-hetero) is 1. The second kappa shape index (κ2) is 7.31. The van der Waals surface area contributed by atoms with Crippen LogP contribution in [0.4, 0.5) is 11.4 Å². The van der Waals surface area contributed by atoms with Crippen molar-refractivity contribution in [3.63, 3.8) is 0 Å². The van der Waals surface area contributed by atoms with Crippen LogP contribution >= 0.6 is 0 Å². The second-order valence-electron chi connectivity index (χ2n) is 8.21. The molecule has 0 bridgehead atoms. The van der Waals surface area contributed by atoms with Crippen LogP contribution < -0.4 is 14.8 Å². The maximum Gasteiger partial charge on any atom is 0.293 e. The van der Waals surface area contributed by atoms with Crippen molar-refractivity contribution in [3.05, 3.63) is 57.1 Å². The predicted molar refractivity (Wildman–Crippen MR) is 114 cm³/mol. The van der Waals surface area contributed by atoms with Gasteiger partial charge in [-0.2, -0.15) is 0 Å². The number of aryl methyl sites for hydroxylation is 1. The summed E-state index contributed by atoms with van der Waals surface area (Å²) in [6.07, 6.45) is 1.29. The van der Waals surface area contributed by atoms with Gasteiger partial charge in [-0.1, -0.05) is 6.07 Å². The molecule has 164 valence electrons. The maximum absolute atomic E-state index is 12.8. The summed E-state index contributed by atoms with van der Waals surface area (Å²) in [6.45, 7) is 4.77. The zero-order valence-electron chi connectivity index (χ0n) is 17.3. The van der Waals surface area contributed by atoms with Crippen molar-refractivity contribution in [2.75, 3.05) is 18.0 Å². The molecule has 10 heteroatoms. The van der Waals surface area contributed by atoms with E-state index in [9.17, 15) is 23.3 Å². The molecular formula is C21H23N3O6S. The summed E-state index contributed by atoms with van der Waals surface area (Å²) >= 11 is 0. The molecule has 0 aromatic heterocycles. The fraction of sp³-hybridized carbons (Fsp3) is 0.381. The van der Waals surface area contributed by atoms with Gasteiger partial charge in [0.1, 0.15) is 17.0 Å². The van der Waals surface area contributed by atoms with Gasteiger partial charge in [0.15, 0.2) is 5.78 Å². The number of nitrogens with zero attached hydrogens (tertiary/aromatic N) is 2. The van der Waals surface area contributed by atoms with E-state index in [-0.39, 0.29) is 22.8 Å². The van der Waals surface area contributed by atoms with Gasteiger partial charge in [-0.05, 0) is 43.2 Å². The average Bonchev–Trinajstić information content (AvgIpc) is 2.70. The van der Waals surface area contributed by atoms with Gasteiger partial charge in [0, 0.05) is 32.0 Å². The molecule has 2 aromatic rings. The standard InChI is InChI=1S/C21H23N3O6S/c1-13-3-5-16-19(25)12-21(30-20(16)14(13)2)7-9-23(10-8-21)17-6-4-15(31(22,28)29)11-18(17)24(26)27/h3-6,11H,7-10,12H2,1-2H3,(H2,22,28,29). The summed E-state index contributed by atoms with van der Waals surface area (Å²) in [5.74, 6) is 0.675. The maximum atomic E-state index is 12.8. The molecular weight excluding hydrogens is 422 g/mol. The lowest BCUT2D eigenvalue weighted by molar-refractivity contribution is -0.384. The van der Waals surface area contributed by atoms with Crippen molar-refractivity contribution in [1.29, 1.82) is 0 Å². The smallest absolute Gasteiger partial charge is 0.293 e. The Morgan fingerprint density at radius 1 is 1.16 bits per heavy atom. The minimum Gasteiger partial charge on any atom is -0.486 e. The van der Waals surface area contributed by atoms with Gasteiger partial charge in [0.25, 0.3) is 5.69 Å². The summed E-state index contributed by atoms with van der Waals surface area (Å²) in [4.78, 5) is 25.3. The molecule has 2 aliphatic heterocycles. The number of benzene rings is 2. The number of rotatable bonds is 3. The van der Waals surface area contributed by atoms with Crippen LogP contribution in [0.5, 0.6) is 5.75 Å². The lowest BCUT2D eigenvalue weighted by Gasteiger charge is -2.45. The van der Waals surface area contributed by atoms with E-state index in [0.717, 1.165) is 17.2 Å². The van der Waals surface area contributed by atoms with E-state index in [1.165, 1.54) is 12.1 Å². The highest BCUT2D eigenvalue weighted by molar-refractivity contribution is 7.89. The van der Waals surface area contributed by atoms with Crippen molar-refractivity contribution in [3.8, 4) is 5.75 Å². The Labute approximate surface area is 180 Å². The van der Waals surface area contributed by atoms with Crippen molar-refractivity contribution >= 4 is 27.2 Å². The molecule has 9 nitrogen and oxygen atoms in total. The minimum absolute atomic E-state index is 0.0429. The van der Waals surface area contributed by atoms with E-state index >= 15 is 0 Å².